The van der Waals surface area contributed by atoms with Crippen LogP contribution < -0.4 is 10.6 Å². The predicted octanol–water partition coefficient (Wildman–Crippen LogP) is 0.195. The summed E-state index contributed by atoms with van der Waals surface area (Å²) >= 11 is 0. The van der Waals surface area contributed by atoms with Gasteiger partial charge in [-0.1, -0.05) is 6.92 Å². The predicted molar refractivity (Wildman–Crippen MR) is 64.2 cm³/mol. The molecule has 16 heavy (non-hydrogen) atoms. The van der Waals surface area contributed by atoms with Gasteiger partial charge in [-0.2, -0.15) is 0 Å². The van der Waals surface area contributed by atoms with Crippen LogP contribution in [0.4, 0.5) is 0 Å². The molecule has 0 aromatic heterocycles. The highest BCUT2D eigenvalue weighted by molar-refractivity contribution is 5.78. The monoisotopic (exact) mass is 225 g/mol. The van der Waals surface area contributed by atoms with E-state index in [1.807, 2.05) is 14.0 Å². The fraction of sp³-hybridized carbons (Fsp3) is 0.917. The van der Waals surface area contributed by atoms with E-state index in [0.717, 1.165) is 32.1 Å². The van der Waals surface area contributed by atoms with Gasteiger partial charge in [-0.05, 0) is 26.3 Å². The molecule has 1 aliphatic heterocycles. The summed E-state index contributed by atoms with van der Waals surface area (Å²) in [6.07, 6.45) is 3.84. The molecule has 4 heteroatoms. The highest BCUT2D eigenvalue weighted by atomic mass is 16.1. The largest absolute Gasteiger partial charge is 0.352 e. The van der Waals surface area contributed by atoms with Crippen LogP contribution in [0.25, 0.3) is 0 Å². The van der Waals surface area contributed by atoms with E-state index in [-0.39, 0.29) is 11.8 Å². The molecule has 0 bridgehead atoms. The molecule has 2 unspecified atom stereocenters. The maximum Gasteiger partial charge on any atom is 0.224 e. The first-order valence-electron chi connectivity index (χ1n) is 6.39. The molecule has 1 saturated carbocycles. The van der Waals surface area contributed by atoms with Crippen molar-refractivity contribution in [3.05, 3.63) is 0 Å². The van der Waals surface area contributed by atoms with Crippen molar-refractivity contribution < 1.29 is 4.79 Å². The molecule has 0 spiro atoms. The molecule has 0 radical (unpaired) electrons. The lowest BCUT2D eigenvalue weighted by Crippen LogP contribution is -2.42. The van der Waals surface area contributed by atoms with E-state index in [9.17, 15) is 4.79 Å². The number of hydrogen-bond donors (Lipinski definition) is 2. The summed E-state index contributed by atoms with van der Waals surface area (Å²) in [5, 5.41) is 6.19. The fourth-order valence-electron chi connectivity index (χ4n) is 2.42. The molecule has 2 fully saturated rings. The Labute approximate surface area is 97.8 Å². The average Bonchev–Trinajstić information content (AvgIpc) is 3.01. The minimum absolute atomic E-state index is 0.0694. The van der Waals surface area contributed by atoms with Crippen molar-refractivity contribution >= 4 is 5.91 Å². The topological polar surface area (TPSA) is 44.4 Å². The molecule has 4 nitrogen and oxygen atoms in total. The van der Waals surface area contributed by atoms with Gasteiger partial charge in [0.2, 0.25) is 5.91 Å². The zero-order valence-electron chi connectivity index (χ0n) is 10.3. The summed E-state index contributed by atoms with van der Waals surface area (Å²) in [5.74, 6) is 0.261. The van der Waals surface area contributed by atoms with Gasteiger partial charge in [0, 0.05) is 37.6 Å². The highest BCUT2D eigenvalue weighted by Gasteiger charge is 2.34. The summed E-state index contributed by atoms with van der Waals surface area (Å²) in [7, 11) is 1.88. The van der Waals surface area contributed by atoms with Gasteiger partial charge in [0.25, 0.3) is 0 Å². The van der Waals surface area contributed by atoms with E-state index in [4.69, 9.17) is 0 Å². The van der Waals surface area contributed by atoms with Crippen LogP contribution >= 0.6 is 0 Å². The molecule has 1 amide bonds. The minimum Gasteiger partial charge on any atom is -0.352 e. The second kappa shape index (κ2) is 5.15. The van der Waals surface area contributed by atoms with E-state index in [0.29, 0.717) is 6.04 Å². The SMILES string of the molecule is CNCC(C)C(=O)NC1CCN(C2CC2)C1. The summed E-state index contributed by atoms with van der Waals surface area (Å²) in [6, 6.07) is 1.21. The Kier molecular flexibility index (Phi) is 3.82. The quantitative estimate of drug-likeness (QED) is 0.702. The lowest BCUT2D eigenvalue weighted by molar-refractivity contribution is -0.125. The lowest BCUT2D eigenvalue weighted by atomic mass is 10.1. The van der Waals surface area contributed by atoms with E-state index in [1.165, 1.54) is 12.8 Å². The first-order valence-corrected chi connectivity index (χ1v) is 6.39. The Balaban J connectivity index is 1.71. The lowest BCUT2D eigenvalue weighted by Gasteiger charge is -2.18. The number of hydrogen-bond acceptors (Lipinski definition) is 3. The number of nitrogens with zero attached hydrogens (tertiary/aromatic N) is 1. The molecular formula is C12H23N3O. The van der Waals surface area contributed by atoms with Crippen molar-refractivity contribution in [2.45, 2.75) is 38.3 Å². The third-order valence-corrected chi connectivity index (χ3v) is 3.59. The highest BCUT2D eigenvalue weighted by Crippen LogP contribution is 2.29. The third kappa shape index (κ3) is 2.95. The molecule has 2 aliphatic rings. The summed E-state index contributed by atoms with van der Waals surface area (Å²) < 4.78 is 0. The average molecular weight is 225 g/mol. The van der Waals surface area contributed by atoms with Gasteiger partial charge < -0.3 is 10.6 Å². The molecule has 2 rings (SSSR count). The van der Waals surface area contributed by atoms with Gasteiger partial charge in [-0.15, -0.1) is 0 Å². The molecular weight excluding hydrogens is 202 g/mol. The second-order valence-electron chi connectivity index (χ2n) is 5.18. The van der Waals surface area contributed by atoms with Crippen LogP contribution in [-0.4, -0.2) is 49.6 Å². The van der Waals surface area contributed by atoms with Gasteiger partial charge in [-0.25, -0.2) is 0 Å². The minimum atomic E-state index is 0.0694. The molecule has 1 heterocycles. The van der Waals surface area contributed by atoms with E-state index >= 15 is 0 Å². The Bertz CT molecular complexity index is 253. The number of carbonyl (C=O) groups excluding carboxylic acids is 1. The second-order valence-corrected chi connectivity index (χ2v) is 5.18. The summed E-state index contributed by atoms with van der Waals surface area (Å²) in [6.45, 7) is 4.95. The molecule has 92 valence electrons. The molecule has 0 aromatic carbocycles. The fourth-order valence-corrected chi connectivity index (χ4v) is 2.42. The van der Waals surface area contributed by atoms with Gasteiger partial charge in [-0.3, -0.25) is 9.69 Å². The molecule has 1 aliphatic carbocycles. The van der Waals surface area contributed by atoms with Gasteiger partial charge in [0.05, 0.1) is 0 Å². The van der Waals surface area contributed by atoms with Crippen molar-refractivity contribution in [3.8, 4) is 0 Å². The number of rotatable bonds is 5. The molecule has 1 saturated heterocycles. The molecule has 0 aromatic rings. The number of nitrogens with one attached hydrogen (secondary N) is 2. The normalized spacial score (nSPS) is 28.0. The van der Waals surface area contributed by atoms with Crippen LogP contribution in [-0.2, 0) is 4.79 Å². The maximum absolute atomic E-state index is 11.8. The smallest absolute Gasteiger partial charge is 0.224 e. The van der Waals surface area contributed by atoms with E-state index in [2.05, 4.69) is 15.5 Å². The summed E-state index contributed by atoms with van der Waals surface area (Å²) in [4.78, 5) is 14.3. The van der Waals surface area contributed by atoms with Crippen LogP contribution in [0.3, 0.4) is 0 Å². The van der Waals surface area contributed by atoms with Crippen LogP contribution in [0.2, 0.25) is 0 Å². The molecule has 2 atom stereocenters. The van der Waals surface area contributed by atoms with Crippen molar-refractivity contribution in [2.75, 3.05) is 26.7 Å². The number of likely N-dealkylation sites (tertiary alicyclic amines) is 1. The summed E-state index contributed by atoms with van der Waals surface area (Å²) in [5.41, 5.74) is 0. The van der Waals surface area contributed by atoms with Crippen molar-refractivity contribution in [1.29, 1.82) is 0 Å². The first-order chi connectivity index (χ1) is 7.70. The van der Waals surface area contributed by atoms with Crippen LogP contribution in [0.5, 0.6) is 0 Å². The maximum atomic E-state index is 11.8. The standard InChI is InChI=1S/C12H23N3O/c1-9(7-13-2)12(16)14-10-5-6-15(8-10)11-3-4-11/h9-11,13H,3-8H2,1-2H3,(H,14,16). The Morgan fingerprint density at radius 2 is 2.19 bits per heavy atom. The van der Waals surface area contributed by atoms with Crippen molar-refractivity contribution in [3.63, 3.8) is 0 Å². The third-order valence-electron chi connectivity index (χ3n) is 3.59. The Morgan fingerprint density at radius 1 is 1.44 bits per heavy atom. The Morgan fingerprint density at radius 3 is 2.81 bits per heavy atom. The zero-order valence-corrected chi connectivity index (χ0v) is 10.3. The van der Waals surface area contributed by atoms with Crippen LogP contribution in [0, 0.1) is 5.92 Å². The van der Waals surface area contributed by atoms with Crippen molar-refractivity contribution in [2.24, 2.45) is 5.92 Å². The number of carbonyl (C=O) groups is 1. The van der Waals surface area contributed by atoms with Crippen molar-refractivity contribution in [1.82, 2.24) is 15.5 Å². The Hall–Kier alpha value is -0.610. The van der Waals surface area contributed by atoms with Gasteiger partial charge in [0.1, 0.15) is 0 Å². The van der Waals surface area contributed by atoms with Crippen LogP contribution in [0.15, 0.2) is 0 Å². The molecule has 2 N–H and O–H groups in total. The zero-order chi connectivity index (χ0) is 11.5. The van der Waals surface area contributed by atoms with Gasteiger partial charge >= 0.3 is 0 Å². The first kappa shape index (κ1) is 11.9. The van der Waals surface area contributed by atoms with Gasteiger partial charge in [0.15, 0.2) is 0 Å². The van der Waals surface area contributed by atoms with E-state index < -0.39 is 0 Å². The van der Waals surface area contributed by atoms with E-state index in [1.54, 1.807) is 0 Å². The number of amides is 1. The van der Waals surface area contributed by atoms with Crippen LogP contribution in [0.1, 0.15) is 26.2 Å².